The predicted molar refractivity (Wildman–Crippen MR) is 64.3 cm³/mol. The van der Waals surface area contributed by atoms with Crippen molar-refractivity contribution < 1.29 is 13.9 Å². The van der Waals surface area contributed by atoms with Crippen LogP contribution in [-0.2, 0) is 11.2 Å². The summed E-state index contributed by atoms with van der Waals surface area (Å²) in [5, 5.41) is 2.62. The van der Waals surface area contributed by atoms with E-state index < -0.39 is 11.7 Å². The van der Waals surface area contributed by atoms with E-state index in [1.54, 1.807) is 26.8 Å². The van der Waals surface area contributed by atoms with Crippen LogP contribution in [-0.4, -0.2) is 18.2 Å². The fourth-order valence-corrected chi connectivity index (χ4v) is 1.32. The topological polar surface area (TPSA) is 38.3 Å². The van der Waals surface area contributed by atoms with Crippen LogP contribution in [0.15, 0.2) is 24.3 Å². The summed E-state index contributed by atoms with van der Waals surface area (Å²) >= 11 is 0. The zero-order valence-corrected chi connectivity index (χ0v) is 10.4. The molecule has 0 heterocycles. The standard InChI is InChI=1S/C13H18FNO2/c1-13(2,3)17-12(16)15-8-7-10-5-4-6-11(14)9-10/h4-6,9H,7-8H2,1-3H3,(H,15,16). The van der Waals surface area contributed by atoms with Gasteiger partial charge in [0.15, 0.2) is 0 Å². The van der Waals surface area contributed by atoms with E-state index in [9.17, 15) is 9.18 Å². The van der Waals surface area contributed by atoms with Gasteiger partial charge >= 0.3 is 6.09 Å². The van der Waals surface area contributed by atoms with Gasteiger partial charge in [0.2, 0.25) is 0 Å². The highest BCUT2D eigenvalue weighted by molar-refractivity contribution is 5.67. The second-order valence-electron chi connectivity index (χ2n) is 4.81. The summed E-state index contributed by atoms with van der Waals surface area (Å²) in [6.45, 7) is 5.84. The van der Waals surface area contributed by atoms with Crippen LogP contribution in [0.25, 0.3) is 0 Å². The van der Waals surface area contributed by atoms with E-state index in [0.29, 0.717) is 13.0 Å². The average molecular weight is 239 g/mol. The quantitative estimate of drug-likeness (QED) is 0.880. The van der Waals surface area contributed by atoms with Crippen molar-refractivity contribution in [1.29, 1.82) is 0 Å². The van der Waals surface area contributed by atoms with Gasteiger partial charge in [-0.15, -0.1) is 0 Å². The van der Waals surface area contributed by atoms with Gasteiger partial charge in [-0.3, -0.25) is 0 Å². The first-order valence-corrected chi connectivity index (χ1v) is 5.58. The van der Waals surface area contributed by atoms with Crippen molar-refractivity contribution in [3.8, 4) is 0 Å². The Morgan fingerprint density at radius 3 is 2.71 bits per heavy atom. The summed E-state index contributed by atoms with van der Waals surface area (Å²) in [6, 6.07) is 6.32. The highest BCUT2D eigenvalue weighted by Crippen LogP contribution is 2.07. The fourth-order valence-electron chi connectivity index (χ4n) is 1.32. The van der Waals surface area contributed by atoms with Crippen LogP contribution in [0, 0.1) is 5.82 Å². The Labute approximate surface area is 101 Å². The number of alkyl carbamates (subject to hydrolysis) is 1. The lowest BCUT2D eigenvalue weighted by Gasteiger charge is -2.19. The van der Waals surface area contributed by atoms with Gasteiger partial charge < -0.3 is 10.1 Å². The number of hydrogen-bond donors (Lipinski definition) is 1. The molecule has 1 N–H and O–H groups in total. The molecule has 0 aliphatic carbocycles. The Bertz CT molecular complexity index is 385. The molecule has 3 nitrogen and oxygen atoms in total. The van der Waals surface area contributed by atoms with Crippen molar-refractivity contribution in [1.82, 2.24) is 5.32 Å². The van der Waals surface area contributed by atoms with Gasteiger partial charge in [0.1, 0.15) is 11.4 Å². The molecule has 0 aliphatic rings. The molecular formula is C13H18FNO2. The number of carbonyl (C=O) groups is 1. The van der Waals surface area contributed by atoms with Crippen LogP contribution in [0.2, 0.25) is 0 Å². The van der Waals surface area contributed by atoms with Crippen molar-refractivity contribution in [2.45, 2.75) is 32.8 Å². The maximum atomic E-state index is 12.9. The summed E-state index contributed by atoms with van der Waals surface area (Å²) in [4.78, 5) is 11.3. The van der Waals surface area contributed by atoms with Crippen LogP contribution in [0.3, 0.4) is 0 Å². The Morgan fingerprint density at radius 1 is 1.41 bits per heavy atom. The third-order valence-corrected chi connectivity index (χ3v) is 1.97. The van der Waals surface area contributed by atoms with E-state index >= 15 is 0 Å². The Morgan fingerprint density at radius 2 is 2.12 bits per heavy atom. The predicted octanol–water partition coefficient (Wildman–Crippen LogP) is 2.89. The van der Waals surface area contributed by atoms with E-state index in [-0.39, 0.29) is 5.82 Å². The lowest BCUT2D eigenvalue weighted by atomic mass is 10.1. The number of nitrogens with one attached hydrogen (secondary N) is 1. The molecule has 0 aromatic heterocycles. The summed E-state index contributed by atoms with van der Waals surface area (Å²) in [7, 11) is 0. The number of halogens is 1. The van der Waals surface area contributed by atoms with E-state index in [4.69, 9.17) is 4.74 Å². The zero-order valence-electron chi connectivity index (χ0n) is 10.4. The van der Waals surface area contributed by atoms with Crippen LogP contribution in [0.5, 0.6) is 0 Å². The molecule has 17 heavy (non-hydrogen) atoms. The van der Waals surface area contributed by atoms with Gasteiger partial charge in [-0.2, -0.15) is 0 Å². The number of benzene rings is 1. The molecule has 1 aromatic carbocycles. The molecule has 0 atom stereocenters. The third-order valence-electron chi connectivity index (χ3n) is 1.97. The third kappa shape index (κ3) is 5.90. The first-order valence-electron chi connectivity index (χ1n) is 5.58. The molecule has 0 saturated heterocycles. The van der Waals surface area contributed by atoms with Crippen molar-refractivity contribution in [3.63, 3.8) is 0 Å². The van der Waals surface area contributed by atoms with Crippen molar-refractivity contribution in [2.24, 2.45) is 0 Å². The molecule has 0 bridgehead atoms. The first-order chi connectivity index (χ1) is 7.87. The summed E-state index contributed by atoms with van der Waals surface area (Å²) in [6.07, 6.45) is 0.130. The average Bonchev–Trinajstić information content (AvgIpc) is 2.14. The lowest BCUT2D eigenvalue weighted by molar-refractivity contribution is 0.0528. The second-order valence-corrected chi connectivity index (χ2v) is 4.81. The fraction of sp³-hybridized carbons (Fsp3) is 0.462. The summed E-state index contributed by atoms with van der Waals surface area (Å²) in [5.74, 6) is -0.264. The Balaban J connectivity index is 2.31. The normalized spacial score (nSPS) is 11.1. The number of ether oxygens (including phenoxy) is 1. The molecule has 4 heteroatoms. The Kier molecular flexibility index (Phi) is 4.49. The van der Waals surface area contributed by atoms with E-state index in [2.05, 4.69) is 5.32 Å². The minimum absolute atomic E-state index is 0.264. The van der Waals surface area contributed by atoms with Crippen molar-refractivity contribution >= 4 is 6.09 Å². The molecule has 0 unspecified atom stereocenters. The van der Waals surface area contributed by atoms with Gasteiger partial charge in [-0.25, -0.2) is 9.18 Å². The van der Waals surface area contributed by atoms with Gasteiger partial charge in [0, 0.05) is 6.54 Å². The minimum atomic E-state index is -0.497. The van der Waals surface area contributed by atoms with E-state index in [1.807, 2.05) is 6.07 Å². The lowest BCUT2D eigenvalue weighted by Crippen LogP contribution is -2.33. The minimum Gasteiger partial charge on any atom is -0.444 e. The molecule has 0 saturated carbocycles. The van der Waals surface area contributed by atoms with Gasteiger partial charge in [0.05, 0.1) is 0 Å². The highest BCUT2D eigenvalue weighted by Gasteiger charge is 2.15. The maximum absolute atomic E-state index is 12.9. The monoisotopic (exact) mass is 239 g/mol. The van der Waals surface area contributed by atoms with Crippen LogP contribution in [0.1, 0.15) is 26.3 Å². The second kappa shape index (κ2) is 5.66. The molecule has 1 rings (SSSR count). The molecule has 0 fully saturated rings. The SMILES string of the molecule is CC(C)(C)OC(=O)NCCc1cccc(F)c1. The number of hydrogen-bond acceptors (Lipinski definition) is 2. The summed E-state index contributed by atoms with van der Waals surface area (Å²) < 4.78 is 17.9. The highest BCUT2D eigenvalue weighted by atomic mass is 19.1. The largest absolute Gasteiger partial charge is 0.444 e. The van der Waals surface area contributed by atoms with Crippen LogP contribution in [0.4, 0.5) is 9.18 Å². The molecule has 0 radical (unpaired) electrons. The number of carbonyl (C=O) groups excluding carboxylic acids is 1. The molecule has 94 valence electrons. The number of amides is 1. The Hall–Kier alpha value is -1.58. The van der Waals surface area contributed by atoms with Gasteiger partial charge in [0.25, 0.3) is 0 Å². The van der Waals surface area contributed by atoms with Gasteiger partial charge in [-0.1, -0.05) is 12.1 Å². The van der Waals surface area contributed by atoms with E-state index in [0.717, 1.165) is 5.56 Å². The molecular weight excluding hydrogens is 221 g/mol. The van der Waals surface area contributed by atoms with Crippen LogP contribution < -0.4 is 5.32 Å². The number of rotatable bonds is 3. The van der Waals surface area contributed by atoms with Crippen molar-refractivity contribution in [3.05, 3.63) is 35.6 Å². The van der Waals surface area contributed by atoms with E-state index in [1.165, 1.54) is 12.1 Å². The first kappa shape index (κ1) is 13.5. The molecule has 1 amide bonds. The van der Waals surface area contributed by atoms with Gasteiger partial charge in [-0.05, 0) is 44.9 Å². The maximum Gasteiger partial charge on any atom is 0.407 e. The molecule has 0 aliphatic heterocycles. The smallest absolute Gasteiger partial charge is 0.407 e. The summed E-state index contributed by atoms with van der Waals surface area (Å²) in [5.41, 5.74) is 0.351. The zero-order chi connectivity index (χ0) is 12.9. The molecule has 1 aromatic rings. The van der Waals surface area contributed by atoms with Crippen LogP contribution >= 0.6 is 0 Å². The van der Waals surface area contributed by atoms with Crippen molar-refractivity contribution in [2.75, 3.05) is 6.54 Å². The molecule has 0 spiro atoms.